The van der Waals surface area contributed by atoms with E-state index >= 15 is 0 Å². The number of aliphatic hydroxyl groups excluding tert-OH is 1. The zero-order valence-electron chi connectivity index (χ0n) is 23.0. The van der Waals surface area contributed by atoms with Crippen LogP contribution in [0.5, 0.6) is 11.6 Å². The fourth-order valence-electron chi connectivity index (χ4n) is 5.75. The van der Waals surface area contributed by atoms with Crippen LogP contribution in [0.1, 0.15) is 73.8 Å². The highest BCUT2D eigenvalue weighted by Gasteiger charge is 2.45. The Hall–Kier alpha value is -3.27. The molecule has 2 fully saturated rings. The lowest BCUT2D eigenvalue weighted by Crippen LogP contribution is -2.31. The lowest BCUT2D eigenvalue weighted by Gasteiger charge is -2.33. The minimum absolute atomic E-state index is 0.383. The molecule has 37 heavy (non-hydrogen) atoms. The molecule has 0 amide bonds. The summed E-state index contributed by atoms with van der Waals surface area (Å²) in [6.45, 7) is 14.1. The molecule has 0 radical (unpaired) electrons. The standard InChI is InChI=1S/C29H31NO2.C2H4O.C2H6/c1-17-7-24(8-17)32-25-9-18(2)29(19(3)10-25)21-6-4-5-20(11-21)16-31-28-14-23-12-22-13-26(22)27(23)15-30-28;1-2-3;1-2/h4-6,9-11,14-15,17,22,24,26H,7-8,12-13,16H2,1-3H3;2-3H,1H2;1-2H3. The highest BCUT2D eigenvalue weighted by atomic mass is 16.5. The molecule has 1 aromatic heterocycles. The second-order valence-electron chi connectivity index (χ2n) is 10.4. The first kappa shape index (κ1) is 26.8. The summed E-state index contributed by atoms with van der Waals surface area (Å²) < 4.78 is 12.3. The Morgan fingerprint density at radius 1 is 1.05 bits per heavy atom. The van der Waals surface area contributed by atoms with Crippen molar-refractivity contribution in [2.45, 2.75) is 78.9 Å². The maximum absolute atomic E-state index is 7.33. The van der Waals surface area contributed by atoms with Gasteiger partial charge in [0.15, 0.2) is 0 Å². The van der Waals surface area contributed by atoms with Gasteiger partial charge in [0.1, 0.15) is 12.4 Å². The summed E-state index contributed by atoms with van der Waals surface area (Å²) in [7, 11) is 0. The molecule has 0 aliphatic heterocycles. The van der Waals surface area contributed by atoms with E-state index in [4.69, 9.17) is 14.6 Å². The topological polar surface area (TPSA) is 51.6 Å². The smallest absolute Gasteiger partial charge is 0.213 e. The highest BCUT2D eigenvalue weighted by molar-refractivity contribution is 5.72. The molecule has 3 aliphatic rings. The summed E-state index contributed by atoms with van der Waals surface area (Å²) in [5.41, 5.74) is 9.08. The zero-order chi connectivity index (χ0) is 26.5. The minimum atomic E-state index is 0.383. The number of benzene rings is 2. The molecule has 3 aromatic rings. The molecule has 0 bridgehead atoms. The number of hydrogen-bond donors (Lipinski definition) is 1. The summed E-state index contributed by atoms with van der Waals surface area (Å²) in [4.78, 5) is 4.56. The summed E-state index contributed by atoms with van der Waals surface area (Å²) in [6.07, 6.45) is 8.07. The highest BCUT2D eigenvalue weighted by Crippen LogP contribution is 2.56. The SMILES string of the molecule is C=CO.CC.Cc1cc(OC2CC(C)C2)cc(C)c1-c1cccc(COc2cc3c(cn2)C2CC2C3)c1. The largest absolute Gasteiger partial charge is 0.516 e. The van der Waals surface area contributed by atoms with E-state index in [1.54, 1.807) is 0 Å². The molecule has 0 saturated heterocycles. The number of hydrogen-bond acceptors (Lipinski definition) is 4. The molecule has 3 aliphatic carbocycles. The lowest BCUT2D eigenvalue weighted by molar-refractivity contribution is 0.0738. The minimum Gasteiger partial charge on any atom is -0.516 e. The van der Waals surface area contributed by atoms with Crippen LogP contribution in [-0.4, -0.2) is 16.2 Å². The molecule has 2 unspecified atom stereocenters. The molecule has 2 saturated carbocycles. The van der Waals surface area contributed by atoms with Crippen LogP contribution in [-0.2, 0) is 13.0 Å². The number of fused-ring (bicyclic) bond motifs is 3. The van der Waals surface area contributed by atoms with Gasteiger partial charge in [-0.1, -0.05) is 45.5 Å². The van der Waals surface area contributed by atoms with Crippen molar-refractivity contribution in [2.24, 2.45) is 11.8 Å². The summed E-state index contributed by atoms with van der Waals surface area (Å²) in [5, 5.41) is 7.33. The average Bonchev–Trinajstić information content (AvgIpc) is 3.54. The molecule has 196 valence electrons. The quantitative estimate of drug-likeness (QED) is 0.345. The molecule has 1 N–H and O–H groups in total. The second-order valence-corrected chi connectivity index (χ2v) is 10.4. The fraction of sp³-hybridized carbons (Fsp3) is 0.424. The first-order chi connectivity index (χ1) is 17.9. The van der Waals surface area contributed by atoms with Gasteiger partial charge < -0.3 is 14.6 Å². The average molecular weight is 500 g/mol. The molecule has 4 heteroatoms. The van der Waals surface area contributed by atoms with Crippen LogP contribution >= 0.6 is 0 Å². The van der Waals surface area contributed by atoms with Gasteiger partial charge in [-0.3, -0.25) is 0 Å². The second kappa shape index (κ2) is 11.9. The molecule has 0 spiro atoms. The number of pyridine rings is 1. The van der Waals surface area contributed by atoms with E-state index in [-0.39, 0.29) is 0 Å². The predicted octanol–water partition coefficient (Wildman–Crippen LogP) is 8.50. The summed E-state index contributed by atoms with van der Waals surface area (Å²) in [5.74, 6) is 4.20. The van der Waals surface area contributed by atoms with Crippen molar-refractivity contribution < 1.29 is 14.6 Å². The van der Waals surface area contributed by atoms with E-state index in [9.17, 15) is 0 Å². The number of aromatic nitrogens is 1. The number of aryl methyl sites for hydroxylation is 2. The van der Waals surface area contributed by atoms with Crippen molar-refractivity contribution in [3.8, 4) is 22.8 Å². The third kappa shape index (κ3) is 6.18. The molecule has 2 aromatic carbocycles. The van der Waals surface area contributed by atoms with Gasteiger partial charge in [0, 0.05) is 12.3 Å². The first-order valence-corrected chi connectivity index (χ1v) is 13.7. The van der Waals surface area contributed by atoms with E-state index in [1.165, 1.54) is 59.1 Å². The maximum Gasteiger partial charge on any atom is 0.213 e. The van der Waals surface area contributed by atoms with Crippen molar-refractivity contribution in [1.82, 2.24) is 4.98 Å². The Morgan fingerprint density at radius 2 is 1.76 bits per heavy atom. The monoisotopic (exact) mass is 499 g/mol. The Labute approximate surface area is 222 Å². The Morgan fingerprint density at radius 3 is 2.43 bits per heavy atom. The Bertz CT molecular complexity index is 1200. The van der Waals surface area contributed by atoms with Gasteiger partial charge >= 0.3 is 0 Å². The number of aliphatic hydroxyl groups is 1. The third-order valence-electron chi connectivity index (χ3n) is 7.55. The number of nitrogens with zero attached hydrogens (tertiary/aromatic N) is 1. The Kier molecular flexibility index (Phi) is 8.58. The predicted molar refractivity (Wildman–Crippen MR) is 151 cm³/mol. The third-order valence-corrected chi connectivity index (χ3v) is 7.55. The van der Waals surface area contributed by atoms with Crippen LogP contribution in [0.3, 0.4) is 0 Å². The normalized spacial score (nSPS) is 22.1. The maximum atomic E-state index is 7.33. The van der Waals surface area contributed by atoms with Crippen LogP contribution in [0.15, 0.2) is 61.5 Å². The molecule has 2 atom stereocenters. The van der Waals surface area contributed by atoms with Crippen molar-refractivity contribution in [2.75, 3.05) is 0 Å². The van der Waals surface area contributed by atoms with Crippen LogP contribution in [0.25, 0.3) is 11.1 Å². The first-order valence-electron chi connectivity index (χ1n) is 13.7. The van der Waals surface area contributed by atoms with E-state index < -0.39 is 0 Å². The van der Waals surface area contributed by atoms with Gasteiger partial charge in [-0.2, -0.15) is 0 Å². The van der Waals surface area contributed by atoms with Crippen molar-refractivity contribution >= 4 is 0 Å². The fourth-order valence-corrected chi connectivity index (χ4v) is 5.75. The lowest BCUT2D eigenvalue weighted by atomic mass is 9.84. The molecule has 4 nitrogen and oxygen atoms in total. The molecule has 1 heterocycles. The van der Waals surface area contributed by atoms with Gasteiger partial charge in [0.25, 0.3) is 0 Å². The van der Waals surface area contributed by atoms with E-state index in [1.807, 2.05) is 20.0 Å². The number of ether oxygens (including phenoxy) is 2. The van der Waals surface area contributed by atoms with Crippen molar-refractivity contribution in [1.29, 1.82) is 0 Å². The van der Waals surface area contributed by atoms with Crippen LogP contribution in [0.2, 0.25) is 0 Å². The molecular formula is C33H41NO3. The van der Waals surface area contributed by atoms with Crippen LogP contribution < -0.4 is 9.47 Å². The van der Waals surface area contributed by atoms with Gasteiger partial charge in [-0.05, 0) is 114 Å². The van der Waals surface area contributed by atoms with Crippen LogP contribution in [0, 0.1) is 25.7 Å². The van der Waals surface area contributed by atoms with Gasteiger partial charge in [0.2, 0.25) is 5.88 Å². The summed E-state index contributed by atoms with van der Waals surface area (Å²) >= 11 is 0. The van der Waals surface area contributed by atoms with Crippen molar-refractivity contribution in [3.63, 3.8) is 0 Å². The van der Waals surface area contributed by atoms with E-state index in [0.29, 0.717) is 12.7 Å². The van der Waals surface area contributed by atoms with Gasteiger partial charge in [-0.15, -0.1) is 0 Å². The van der Waals surface area contributed by atoms with E-state index in [0.717, 1.165) is 41.2 Å². The van der Waals surface area contributed by atoms with E-state index in [2.05, 4.69) is 74.8 Å². The molecular weight excluding hydrogens is 458 g/mol. The van der Waals surface area contributed by atoms with Gasteiger partial charge in [-0.25, -0.2) is 4.98 Å². The van der Waals surface area contributed by atoms with Crippen LogP contribution in [0.4, 0.5) is 0 Å². The number of rotatable bonds is 6. The molecule has 6 rings (SSSR count). The zero-order valence-corrected chi connectivity index (χ0v) is 23.0. The van der Waals surface area contributed by atoms with Crippen molar-refractivity contribution in [3.05, 3.63) is 89.3 Å². The van der Waals surface area contributed by atoms with Gasteiger partial charge in [0.05, 0.1) is 12.4 Å². The Balaban J connectivity index is 0.000000599. The summed E-state index contributed by atoms with van der Waals surface area (Å²) in [6, 6.07) is 15.2.